The fraction of sp³-hybridized carbons (Fsp3) is 0.625. The van der Waals surface area contributed by atoms with Crippen LogP contribution in [0.2, 0.25) is 0 Å². The monoisotopic (exact) mass is 280 g/mol. The number of aliphatic hydroxyl groups is 1. The first kappa shape index (κ1) is 13.8. The quantitative estimate of drug-likeness (QED) is 0.922. The maximum absolute atomic E-state index is 13.3. The Morgan fingerprint density at radius 2 is 2.25 bits per heavy atom. The Morgan fingerprint density at radius 1 is 1.45 bits per heavy atom. The predicted molar refractivity (Wildman–Crippen MR) is 73.2 cm³/mol. The third-order valence-electron chi connectivity index (χ3n) is 4.43. The average molecular weight is 280 g/mol. The zero-order chi connectivity index (χ0) is 14.2. The lowest BCUT2D eigenvalue weighted by Crippen LogP contribution is -2.48. The Hall–Kier alpha value is -1.13. The first-order valence-corrected chi connectivity index (χ1v) is 7.36. The number of aliphatic hydroxyl groups excluding tert-OH is 1. The van der Waals surface area contributed by atoms with Gasteiger partial charge >= 0.3 is 0 Å². The highest BCUT2D eigenvalue weighted by molar-refractivity contribution is 5.35. The van der Waals surface area contributed by atoms with E-state index in [2.05, 4.69) is 0 Å². The molecule has 3 rings (SSSR count). The normalized spacial score (nSPS) is 26.1. The molecule has 3 nitrogen and oxygen atoms in total. The zero-order valence-electron chi connectivity index (χ0n) is 11.8. The van der Waals surface area contributed by atoms with E-state index < -0.39 is 6.10 Å². The number of rotatable bonds is 3. The summed E-state index contributed by atoms with van der Waals surface area (Å²) in [6.07, 6.45) is 4.54. The smallest absolute Gasteiger partial charge is 0.125 e. The van der Waals surface area contributed by atoms with Crippen LogP contribution in [0.4, 0.5) is 4.39 Å². The number of halogens is 1. The molecular formula is C16H21FO3. The molecule has 0 radical (unpaired) electrons. The summed E-state index contributed by atoms with van der Waals surface area (Å²) in [5.74, 6) is 0.235. The average Bonchev–Trinajstić information content (AvgIpc) is 2.39. The molecule has 1 N–H and O–H groups in total. The zero-order valence-corrected chi connectivity index (χ0v) is 11.8. The predicted octanol–water partition coefficient (Wildman–Crippen LogP) is 3.36. The summed E-state index contributed by atoms with van der Waals surface area (Å²) in [6, 6.07) is 4.33. The van der Waals surface area contributed by atoms with Crippen molar-refractivity contribution in [3.63, 3.8) is 0 Å². The van der Waals surface area contributed by atoms with Crippen molar-refractivity contribution in [2.24, 2.45) is 0 Å². The molecule has 1 aliphatic carbocycles. The third-order valence-corrected chi connectivity index (χ3v) is 4.43. The van der Waals surface area contributed by atoms with E-state index >= 15 is 0 Å². The maximum Gasteiger partial charge on any atom is 0.125 e. The lowest BCUT2D eigenvalue weighted by molar-refractivity contribution is -0.153. The van der Waals surface area contributed by atoms with E-state index in [0.717, 1.165) is 32.3 Å². The molecule has 1 aromatic carbocycles. The van der Waals surface area contributed by atoms with E-state index in [4.69, 9.17) is 9.47 Å². The van der Waals surface area contributed by atoms with Gasteiger partial charge in [0.2, 0.25) is 0 Å². The minimum absolute atomic E-state index is 0.0218. The first-order valence-electron chi connectivity index (χ1n) is 7.36. The Morgan fingerprint density at radius 3 is 2.90 bits per heavy atom. The van der Waals surface area contributed by atoms with Crippen LogP contribution in [0, 0.1) is 5.82 Å². The van der Waals surface area contributed by atoms with Crippen LogP contribution in [0.3, 0.4) is 0 Å². The molecule has 4 heteroatoms. The van der Waals surface area contributed by atoms with Gasteiger partial charge < -0.3 is 14.6 Å². The van der Waals surface area contributed by atoms with Crippen LogP contribution >= 0.6 is 0 Å². The van der Waals surface area contributed by atoms with Crippen molar-refractivity contribution in [1.29, 1.82) is 0 Å². The minimum atomic E-state index is -0.738. The van der Waals surface area contributed by atoms with Gasteiger partial charge in [0, 0.05) is 18.4 Å². The van der Waals surface area contributed by atoms with Gasteiger partial charge in [0.15, 0.2) is 0 Å². The molecule has 0 bridgehead atoms. The van der Waals surface area contributed by atoms with E-state index in [-0.39, 0.29) is 17.5 Å². The summed E-state index contributed by atoms with van der Waals surface area (Å²) in [4.78, 5) is 0. The van der Waals surface area contributed by atoms with Gasteiger partial charge in [-0.3, -0.25) is 0 Å². The van der Waals surface area contributed by atoms with Crippen LogP contribution in [0.1, 0.15) is 50.7 Å². The largest absolute Gasteiger partial charge is 0.490 e. The Balaban J connectivity index is 1.74. The van der Waals surface area contributed by atoms with Crippen molar-refractivity contribution in [3.05, 3.63) is 29.6 Å². The van der Waals surface area contributed by atoms with Crippen molar-refractivity contribution < 1.29 is 19.0 Å². The third kappa shape index (κ3) is 2.67. The van der Waals surface area contributed by atoms with Gasteiger partial charge in [-0.1, -0.05) is 0 Å². The molecule has 1 heterocycles. The van der Waals surface area contributed by atoms with Gasteiger partial charge in [-0.15, -0.1) is 0 Å². The second-order valence-electron chi connectivity index (χ2n) is 5.98. The summed E-state index contributed by atoms with van der Waals surface area (Å²) >= 11 is 0. The topological polar surface area (TPSA) is 38.7 Å². The fourth-order valence-corrected chi connectivity index (χ4v) is 3.14. The molecule has 2 aliphatic rings. The molecule has 0 aromatic heterocycles. The maximum atomic E-state index is 13.3. The van der Waals surface area contributed by atoms with Crippen LogP contribution in [0.25, 0.3) is 0 Å². The SMILES string of the molecule is CC(O)c1cc(F)ccc1OC1CCOC2(CCC2)C1. The van der Waals surface area contributed by atoms with Crippen LogP contribution < -0.4 is 4.74 Å². The fourth-order valence-electron chi connectivity index (χ4n) is 3.14. The highest BCUT2D eigenvalue weighted by Gasteiger charge is 2.43. The van der Waals surface area contributed by atoms with Gasteiger partial charge in [-0.05, 0) is 44.4 Å². The molecule has 1 saturated carbocycles. The highest BCUT2D eigenvalue weighted by Crippen LogP contribution is 2.43. The van der Waals surface area contributed by atoms with Crippen molar-refractivity contribution in [3.8, 4) is 5.75 Å². The lowest BCUT2D eigenvalue weighted by atomic mass is 9.74. The number of ether oxygens (including phenoxy) is 2. The molecule has 1 saturated heterocycles. The first-order chi connectivity index (χ1) is 9.58. The summed E-state index contributed by atoms with van der Waals surface area (Å²) in [7, 11) is 0. The van der Waals surface area contributed by atoms with Gasteiger partial charge in [0.05, 0.1) is 18.3 Å². The van der Waals surface area contributed by atoms with E-state index in [9.17, 15) is 9.50 Å². The van der Waals surface area contributed by atoms with Crippen LogP contribution in [-0.2, 0) is 4.74 Å². The molecular weight excluding hydrogens is 259 g/mol. The van der Waals surface area contributed by atoms with Crippen molar-refractivity contribution in [2.45, 2.75) is 56.8 Å². The molecule has 1 aliphatic heterocycles. The molecule has 110 valence electrons. The van der Waals surface area contributed by atoms with E-state index in [0.29, 0.717) is 11.3 Å². The molecule has 1 aromatic rings. The number of benzene rings is 1. The Labute approximate surface area is 118 Å². The molecule has 2 atom stereocenters. The molecule has 0 amide bonds. The summed E-state index contributed by atoms with van der Waals surface area (Å²) in [5, 5.41) is 9.75. The van der Waals surface area contributed by atoms with Crippen molar-refractivity contribution in [2.75, 3.05) is 6.61 Å². The van der Waals surface area contributed by atoms with Crippen LogP contribution in [0.5, 0.6) is 5.75 Å². The van der Waals surface area contributed by atoms with E-state index in [1.54, 1.807) is 13.0 Å². The molecule has 2 fully saturated rings. The highest BCUT2D eigenvalue weighted by atomic mass is 19.1. The number of hydrogen-bond acceptors (Lipinski definition) is 3. The second kappa shape index (κ2) is 5.34. The lowest BCUT2D eigenvalue weighted by Gasteiger charge is -2.47. The van der Waals surface area contributed by atoms with Crippen LogP contribution in [0.15, 0.2) is 18.2 Å². The van der Waals surface area contributed by atoms with E-state index in [1.165, 1.54) is 18.6 Å². The second-order valence-corrected chi connectivity index (χ2v) is 5.98. The van der Waals surface area contributed by atoms with Crippen molar-refractivity contribution in [1.82, 2.24) is 0 Å². The number of hydrogen-bond donors (Lipinski definition) is 1. The summed E-state index contributed by atoms with van der Waals surface area (Å²) in [6.45, 7) is 2.34. The minimum Gasteiger partial charge on any atom is -0.490 e. The van der Waals surface area contributed by atoms with Crippen LogP contribution in [-0.4, -0.2) is 23.4 Å². The van der Waals surface area contributed by atoms with Gasteiger partial charge in [0.1, 0.15) is 17.7 Å². The summed E-state index contributed by atoms with van der Waals surface area (Å²) < 4.78 is 25.2. The Bertz CT molecular complexity index is 483. The molecule has 20 heavy (non-hydrogen) atoms. The van der Waals surface area contributed by atoms with E-state index in [1.807, 2.05) is 0 Å². The van der Waals surface area contributed by atoms with Gasteiger partial charge in [0.25, 0.3) is 0 Å². The van der Waals surface area contributed by atoms with Gasteiger partial charge in [-0.2, -0.15) is 0 Å². The Kier molecular flexibility index (Phi) is 3.69. The summed E-state index contributed by atoms with van der Waals surface area (Å²) in [5.41, 5.74) is 0.535. The standard InChI is InChI=1S/C16H21FO3/c1-11(18)14-9-12(17)3-4-15(14)20-13-5-8-19-16(10-13)6-2-7-16/h3-4,9,11,13,18H,2,5-8,10H2,1H3. The van der Waals surface area contributed by atoms with Gasteiger partial charge in [-0.25, -0.2) is 4.39 Å². The molecule has 2 unspecified atom stereocenters. The molecule has 1 spiro atoms. The van der Waals surface area contributed by atoms with Crippen molar-refractivity contribution >= 4 is 0 Å².